The molecule has 0 spiro atoms. The molecule has 2 amide bonds. The molecule has 11 heteroatoms. The minimum atomic E-state index is -0.560. The summed E-state index contributed by atoms with van der Waals surface area (Å²) in [6.45, 7) is 1.95. The number of ether oxygens (including phenoxy) is 2. The molecule has 1 saturated heterocycles. The zero-order chi connectivity index (χ0) is 24.9. The fourth-order valence-corrected chi connectivity index (χ4v) is 4.04. The Kier molecular flexibility index (Phi) is 7.06. The summed E-state index contributed by atoms with van der Waals surface area (Å²) in [5, 5.41) is 10.3. The van der Waals surface area contributed by atoms with E-state index in [0.717, 1.165) is 22.9 Å². The van der Waals surface area contributed by atoms with Crippen molar-refractivity contribution in [2.45, 2.75) is 13.5 Å². The molecule has 3 aromatic rings. The Labute approximate surface area is 203 Å². The average molecular weight is 495 g/mol. The van der Waals surface area contributed by atoms with Crippen molar-refractivity contribution in [3.63, 3.8) is 0 Å². The van der Waals surface area contributed by atoms with Crippen LogP contribution in [0.3, 0.4) is 0 Å². The van der Waals surface area contributed by atoms with Gasteiger partial charge in [0.2, 0.25) is 5.88 Å². The van der Waals surface area contributed by atoms with E-state index >= 15 is 0 Å². The van der Waals surface area contributed by atoms with Crippen LogP contribution in [0.1, 0.15) is 18.1 Å². The number of hydrogen-bond acceptors (Lipinski definition) is 8. The number of carbonyl (C=O) groups is 2. The number of amides is 2. The lowest BCUT2D eigenvalue weighted by molar-refractivity contribution is -0.385. The monoisotopic (exact) mass is 495 g/mol. The molecule has 178 valence electrons. The van der Waals surface area contributed by atoms with Crippen molar-refractivity contribution in [3.8, 4) is 17.4 Å². The Balaban J connectivity index is 1.54. The molecule has 0 bridgehead atoms. The molecular weight excluding hydrogens is 477 g/mol. The van der Waals surface area contributed by atoms with Crippen LogP contribution in [0.5, 0.6) is 17.4 Å². The predicted octanol–water partition coefficient (Wildman–Crippen LogP) is 5.56. The highest BCUT2D eigenvalue weighted by Gasteiger charge is 2.35. The Morgan fingerprint density at radius 2 is 1.94 bits per heavy atom. The molecule has 0 unspecified atom stereocenters. The smallest absolute Gasteiger partial charge is 0.293 e. The van der Waals surface area contributed by atoms with E-state index in [-0.39, 0.29) is 28.6 Å². The first kappa shape index (κ1) is 23.9. The number of nitro groups is 1. The maximum absolute atomic E-state index is 14.0. The molecule has 0 atom stereocenters. The van der Waals surface area contributed by atoms with Gasteiger partial charge in [0, 0.05) is 17.7 Å². The molecule has 1 aliphatic rings. The first-order valence-electron chi connectivity index (χ1n) is 10.4. The molecule has 0 N–H and O–H groups in total. The summed E-state index contributed by atoms with van der Waals surface area (Å²) < 4.78 is 25.3. The summed E-state index contributed by atoms with van der Waals surface area (Å²) in [7, 11) is 0. The summed E-state index contributed by atoms with van der Waals surface area (Å²) in [6.07, 6.45) is 2.63. The summed E-state index contributed by atoms with van der Waals surface area (Å²) in [6, 6.07) is 13.5. The van der Waals surface area contributed by atoms with E-state index < -0.39 is 21.9 Å². The van der Waals surface area contributed by atoms with Crippen LogP contribution in [0.2, 0.25) is 0 Å². The molecule has 0 aliphatic carbocycles. The van der Waals surface area contributed by atoms with Crippen molar-refractivity contribution in [1.82, 2.24) is 9.88 Å². The SMILES string of the molecule is CCOc1cc(/C=C2\SC(=O)N(Cc3ccccc3F)C2=O)ccc1Oc1ccc([N+](=O)[O-])cn1. The van der Waals surface area contributed by atoms with Crippen molar-refractivity contribution in [2.75, 3.05) is 6.61 Å². The van der Waals surface area contributed by atoms with Gasteiger partial charge in [-0.3, -0.25) is 24.6 Å². The third kappa shape index (κ3) is 5.46. The quantitative estimate of drug-likeness (QED) is 0.227. The maximum atomic E-state index is 14.0. The lowest BCUT2D eigenvalue weighted by atomic mass is 10.1. The Bertz CT molecular complexity index is 1330. The van der Waals surface area contributed by atoms with Crippen molar-refractivity contribution in [2.24, 2.45) is 0 Å². The number of pyridine rings is 1. The minimum Gasteiger partial charge on any atom is -0.490 e. The van der Waals surface area contributed by atoms with Gasteiger partial charge in [-0.2, -0.15) is 0 Å². The lowest BCUT2D eigenvalue weighted by Crippen LogP contribution is -2.27. The number of aromatic nitrogens is 1. The van der Waals surface area contributed by atoms with E-state index in [2.05, 4.69) is 4.98 Å². The molecule has 2 aromatic carbocycles. The van der Waals surface area contributed by atoms with Gasteiger partial charge < -0.3 is 9.47 Å². The van der Waals surface area contributed by atoms with Gasteiger partial charge in [-0.15, -0.1) is 0 Å². The fourth-order valence-electron chi connectivity index (χ4n) is 3.21. The van der Waals surface area contributed by atoms with Crippen LogP contribution in [0.15, 0.2) is 65.7 Å². The van der Waals surface area contributed by atoms with Crippen LogP contribution in [0.4, 0.5) is 14.9 Å². The summed E-state index contributed by atoms with van der Waals surface area (Å²) >= 11 is 0.770. The van der Waals surface area contributed by atoms with Gasteiger partial charge >= 0.3 is 0 Å². The van der Waals surface area contributed by atoms with Crippen molar-refractivity contribution in [1.29, 1.82) is 0 Å². The number of benzene rings is 2. The van der Waals surface area contributed by atoms with Gasteiger partial charge in [-0.05, 0) is 48.5 Å². The van der Waals surface area contributed by atoms with Gasteiger partial charge in [0.15, 0.2) is 11.5 Å². The van der Waals surface area contributed by atoms with E-state index in [1.165, 1.54) is 30.3 Å². The third-order valence-electron chi connectivity index (χ3n) is 4.87. The van der Waals surface area contributed by atoms with E-state index in [4.69, 9.17) is 9.47 Å². The molecule has 1 fully saturated rings. The number of imide groups is 1. The zero-order valence-corrected chi connectivity index (χ0v) is 19.2. The van der Waals surface area contributed by atoms with E-state index in [1.54, 1.807) is 37.3 Å². The lowest BCUT2D eigenvalue weighted by Gasteiger charge is -2.13. The van der Waals surface area contributed by atoms with Crippen molar-refractivity contribution in [3.05, 3.63) is 92.8 Å². The number of carbonyl (C=O) groups excluding carboxylic acids is 2. The van der Waals surface area contributed by atoms with E-state index in [0.29, 0.717) is 23.7 Å². The van der Waals surface area contributed by atoms with Crippen LogP contribution in [0.25, 0.3) is 6.08 Å². The highest BCUT2D eigenvalue weighted by molar-refractivity contribution is 8.18. The Morgan fingerprint density at radius 1 is 1.14 bits per heavy atom. The first-order chi connectivity index (χ1) is 16.9. The number of halogens is 1. The van der Waals surface area contributed by atoms with Gasteiger partial charge in [-0.1, -0.05) is 24.3 Å². The molecule has 0 saturated carbocycles. The van der Waals surface area contributed by atoms with Crippen LogP contribution < -0.4 is 9.47 Å². The predicted molar refractivity (Wildman–Crippen MR) is 126 cm³/mol. The summed E-state index contributed by atoms with van der Waals surface area (Å²) in [5.74, 6) is -0.199. The topological polar surface area (TPSA) is 112 Å². The molecule has 9 nitrogen and oxygen atoms in total. The number of thioether (sulfide) groups is 1. The van der Waals surface area contributed by atoms with Crippen molar-refractivity contribution < 1.29 is 28.4 Å². The zero-order valence-electron chi connectivity index (χ0n) is 18.3. The van der Waals surface area contributed by atoms with Gasteiger partial charge in [-0.25, -0.2) is 9.37 Å². The van der Waals surface area contributed by atoms with Crippen LogP contribution in [0, 0.1) is 15.9 Å². The van der Waals surface area contributed by atoms with E-state index in [1.807, 2.05) is 0 Å². The first-order valence-corrected chi connectivity index (χ1v) is 11.2. The average Bonchev–Trinajstić information content (AvgIpc) is 3.10. The number of rotatable bonds is 8. The van der Waals surface area contributed by atoms with Gasteiger partial charge in [0.25, 0.3) is 16.8 Å². The molecule has 1 aliphatic heterocycles. The molecular formula is C24H18FN3O6S. The second kappa shape index (κ2) is 10.3. The fraction of sp³-hybridized carbons (Fsp3) is 0.125. The highest BCUT2D eigenvalue weighted by atomic mass is 32.2. The number of nitrogens with zero attached hydrogens (tertiary/aromatic N) is 3. The Morgan fingerprint density at radius 3 is 2.63 bits per heavy atom. The van der Waals surface area contributed by atoms with Crippen LogP contribution in [-0.2, 0) is 11.3 Å². The molecule has 4 rings (SSSR count). The van der Waals surface area contributed by atoms with Crippen LogP contribution >= 0.6 is 11.8 Å². The number of hydrogen-bond donors (Lipinski definition) is 0. The largest absolute Gasteiger partial charge is 0.490 e. The van der Waals surface area contributed by atoms with Gasteiger partial charge in [0.1, 0.15) is 12.0 Å². The molecule has 35 heavy (non-hydrogen) atoms. The molecule has 2 heterocycles. The van der Waals surface area contributed by atoms with Crippen molar-refractivity contribution >= 4 is 34.7 Å². The summed E-state index contributed by atoms with van der Waals surface area (Å²) in [4.78, 5) is 40.6. The second-order valence-electron chi connectivity index (χ2n) is 7.21. The minimum absolute atomic E-state index is 0.138. The van der Waals surface area contributed by atoms with Crippen LogP contribution in [-0.4, -0.2) is 32.6 Å². The third-order valence-corrected chi connectivity index (χ3v) is 5.78. The molecule has 0 radical (unpaired) electrons. The normalized spacial score (nSPS) is 14.5. The van der Waals surface area contributed by atoms with Gasteiger partial charge in [0.05, 0.1) is 23.0 Å². The second-order valence-corrected chi connectivity index (χ2v) is 8.21. The Hall–Kier alpha value is -4.25. The maximum Gasteiger partial charge on any atom is 0.293 e. The standard InChI is InChI=1S/C24H18FN3O6S/c1-2-33-20-11-15(7-9-19(20)34-22-10-8-17(13-26-22)28(31)32)12-21-23(29)27(24(30)35-21)14-16-5-3-4-6-18(16)25/h3-13H,2,14H2,1H3/b21-12-. The molecule has 1 aromatic heterocycles. The summed E-state index contributed by atoms with van der Waals surface area (Å²) in [5.41, 5.74) is 0.659. The van der Waals surface area contributed by atoms with E-state index in [9.17, 15) is 24.1 Å². The highest BCUT2D eigenvalue weighted by Crippen LogP contribution is 2.36.